The number of aromatic nitrogens is 2. The highest BCUT2D eigenvalue weighted by atomic mass is 35.5. The molecule has 9 nitrogen and oxygen atoms in total. The molecule has 1 amide bonds. The molecule has 1 aliphatic rings. The third-order valence-electron chi connectivity index (χ3n) is 5.19. The number of fused-ring (bicyclic) bond motifs is 1. The summed E-state index contributed by atoms with van der Waals surface area (Å²) in [5, 5.41) is 17.4. The van der Waals surface area contributed by atoms with Gasteiger partial charge in [-0.2, -0.15) is 0 Å². The molecule has 3 atom stereocenters. The van der Waals surface area contributed by atoms with Crippen LogP contribution >= 0.6 is 23.2 Å². The van der Waals surface area contributed by atoms with E-state index in [2.05, 4.69) is 20.6 Å². The maximum Gasteiger partial charge on any atom is 0.426 e. The van der Waals surface area contributed by atoms with Crippen LogP contribution < -0.4 is 10.6 Å². The van der Waals surface area contributed by atoms with E-state index in [9.17, 15) is 9.90 Å². The number of amides is 1. The Morgan fingerprint density at radius 1 is 1.31 bits per heavy atom. The normalized spacial score (nSPS) is 16.6. The molecule has 1 aromatic heterocycles. The molecule has 0 saturated heterocycles. The summed E-state index contributed by atoms with van der Waals surface area (Å²) in [4.78, 5) is 27.0. The smallest absolute Gasteiger partial charge is 0.394 e. The minimum Gasteiger partial charge on any atom is -0.394 e. The van der Waals surface area contributed by atoms with E-state index in [4.69, 9.17) is 32.8 Å². The monoisotopic (exact) mass is 483 g/mol. The highest BCUT2D eigenvalue weighted by molar-refractivity contribution is 6.42. The Balaban J connectivity index is 1.66. The summed E-state index contributed by atoms with van der Waals surface area (Å²) >= 11 is 12.2. The lowest BCUT2D eigenvalue weighted by atomic mass is 10.0. The lowest BCUT2D eigenvalue weighted by molar-refractivity contribution is -0.114. The first-order valence-corrected chi connectivity index (χ1v) is 11.0. The number of aliphatic hydroxyl groups excluding tert-OH is 1. The number of ether oxygens (including phenoxy) is 1. The van der Waals surface area contributed by atoms with Gasteiger partial charge in [-0.3, -0.25) is 0 Å². The molecule has 1 aliphatic heterocycles. The van der Waals surface area contributed by atoms with Crippen LogP contribution in [0.25, 0.3) is 0 Å². The summed E-state index contributed by atoms with van der Waals surface area (Å²) in [5.41, 5.74) is 2.50. The van der Waals surface area contributed by atoms with Crippen molar-refractivity contribution in [2.24, 2.45) is 0 Å². The van der Waals surface area contributed by atoms with Crippen LogP contribution in [0.3, 0.4) is 0 Å². The van der Waals surface area contributed by atoms with Crippen molar-refractivity contribution in [3.63, 3.8) is 0 Å². The number of nitrogens with one attached hydrogen (secondary N) is 2. The SMILES string of the molecule is CO[C@H](C)[C@H](NC(=O)ON1CCc2cnc(N[C@@H](C)CO)nc2C1)c1ccc(Cl)c(Cl)c1. The van der Waals surface area contributed by atoms with Crippen molar-refractivity contribution < 1.29 is 19.5 Å². The Hall–Kier alpha value is -2.17. The molecular formula is C21H27Cl2N5O4. The molecule has 0 saturated carbocycles. The molecule has 2 heterocycles. The molecule has 0 spiro atoms. The summed E-state index contributed by atoms with van der Waals surface area (Å²) in [6.45, 7) is 4.47. The summed E-state index contributed by atoms with van der Waals surface area (Å²) in [6.07, 6.45) is 1.45. The largest absolute Gasteiger partial charge is 0.426 e. The average Bonchev–Trinajstić information content (AvgIpc) is 2.78. The number of methoxy groups -OCH3 is 1. The van der Waals surface area contributed by atoms with Gasteiger partial charge in [0.25, 0.3) is 0 Å². The second-order valence-corrected chi connectivity index (χ2v) is 8.44. The van der Waals surface area contributed by atoms with E-state index in [0.29, 0.717) is 35.5 Å². The fourth-order valence-electron chi connectivity index (χ4n) is 3.28. The van der Waals surface area contributed by atoms with Gasteiger partial charge in [-0.1, -0.05) is 29.3 Å². The molecule has 174 valence electrons. The predicted molar refractivity (Wildman–Crippen MR) is 122 cm³/mol. The zero-order valence-electron chi connectivity index (χ0n) is 18.1. The van der Waals surface area contributed by atoms with Gasteiger partial charge < -0.3 is 25.3 Å². The lowest BCUT2D eigenvalue weighted by Gasteiger charge is -2.29. The van der Waals surface area contributed by atoms with E-state index in [0.717, 1.165) is 16.8 Å². The number of halogens is 2. The number of hydroxylamine groups is 2. The zero-order chi connectivity index (χ0) is 23.3. The molecule has 32 heavy (non-hydrogen) atoms. The van der Waals surface area contributed by atoms with Gasteiger partial charge in [0, 0.05) is 25.9 Å². The van der Waals surface area contributed by atoms with E-state index < -0.39 is 12.1 Å². The van der Waals surface area contributed by atoms with Crippen molar-refractivity contribution in [3.05, 3.63) is 51.3 Å². The van der Waals surface area contributed by atoms with Crippen molar-refractivity contribution in [1.82, 2.24) is 20.3 Å². The van der Waals surface area contributed by atoms with Gasteiger partial charge in [0.2, 0.25) is 5.95 Å². The first-order chi connectivity index (χ1) is 15.3. The fraction of sp³-hybridized carbons (Fsp3) is 0.476. The minimum atomic E-state index is -0.616. The van der Waals surface area contributed by atoms with Gasteiger partial charge in [0.1, 0.15) is 0 Å². The molecule has 0 fully saturated rings. The minimum absolute atomic E-state index is 0.0320. The summed E-state index contributed by atoms with van der Waals surface area (Å²) in [6, 6.07) is 4.49. The van der Waals surface area contributed by atoms with Crippen LogP contribution in [-0.2, 0) is 22.5 Å². The molecular weight excluding hydrogens is 457 g/mol. The fourth-order valence-corrected chi connectivity index (χ4v) is 3.58. The summed E-state index contributed by atoms with van der Waals surface area (Å²) in [5.74, 6) is 0.421. The van der Waals surface area contributed by atoms with Gasteiger partial charge in [0.05, 0.1) is 41.0 Å². The second-order valence-electron chi connectivity index (χ2n) is 7.62. The number of hydrogen-bond acceptors (Lipinski definition) is 8. The standard InChI is InChI=1S/C21H27Cl2N5O4/c1-12(11-29)25-20-24-9-15-6-7-28(10-18(15)26-20)32-21(30)27-19(13(2)31-3)14-4-5-16(22)17(23)8-14/h4-5,8-9,12-13,19,29H,6-7,10-11H2,1-3H3,(H,27,30)(H,24,25,26)/t12-,13+,19-/m0/s1. The Morgan fingerprint density at radius 3 is 2.78 bits per heavy atom. The molecule has 2 aromatic rings. The van der Waals surface area contributed by atoms with Crippen LogP contribution in [-0.4, -0.2) is 58.6 Å². The molecule has 1 aromatic carbocycles. The van der Waals surface area contributed by atoms with Crippen LogP contribution in [0.15, 0.2) is 24.4 Å². The first kappa shape index (κ1) is 24.5. The Bertz CT molecular complexity index is 948. The zero-order valence-corrected chi connectivity index (χ0v) is 19.7. The van der Waals surface area contributed by atoms with E-state index in [-0.39, 0.29) is 18.8 Å². The highest BCUT2D eigenvalue weighted by Crippen LogP contribution is 2.28. The highest BCUT2D eigenvalue weighted by Gasteiger charge is 2.26. The van der Waals surface area contributed by atoms with Gasteiger partial charge in [-0.05, 0) is 43.5 Å². The second kappa shape index (κ2) is 11.1. The topological polar surface area (TPSA) is 109 Å². The Labute approximate surface area is 197 Å². The average molecular weight is 484 g/mol. The number of aliphatic hydroxyl groups is 1. The molecule has 0 radical (unpaired) electrons. The summed E-state index contributed by atoms with van der Waals surface area (Å²) in [7, 11) is 1.56. The van der Waals surface area contributed by atoms with E-state index >= 15 is 0 Å². The van der Waals surface area contributed by atoms with Crippen LogP contribution in [0.4, 0.5) is 10.7 Å². The number of rotatable bonds is 8. The number of anilines is 1. The van der Waals surface area contributed by atoms with Crippen molar-refractivity contribution in [3.8, 4) is 0 Å². The van der Waals surface area contributed by atoms with Crippen LogP contribution in [0, 0.1) is 0 Å². The number of benzene rings is 1. The molecule has 0 unspecified atom stereocenters. The van der Waals surface area contributed by atoms with E-state index in [1.165, 1.54) is 0 Å². The number of carbonyl (C=O) groups excluding carboxylic acids is 1. The molecule has 11 heteroatoms. The number of carbonyl (C=O) groups is 1. The molecule has 3 rings (SSSR count). The third-order valence-corrected chi connectivity index (χ3v) is 5.93. The van der Waals surface area contributed by atoms with Crippen molar-refractivity contribution in [1.29, 1.82) is 0 Å². The van der Waals surface area contributed by atoms with Crippen LogP contribution in [0.2, 0.25) is 10.0 Å². The predicted octanol–water partition coefficient (Wildman–Crippen LogP) is 3.35. The Kier molecular flexibility index (Phi) is 8.50. The van der Waals surface area contributed by atoms with Crippen LogP contribution in [0.1, 0.15) is 36.7 Å². The third kappa shape index (κ3) is 6.20. The van der Waals surface area contributed by atoms with Crippen molar-refractivity contribution in [2.45, 2.75) is 45.0 Å². The Morgan fingerprint density at radius 2 is 2.09 bits per heavy atom. The van der Waals surface area contributed by atoms with Crippen LogP contribution in [0.5, 0.6) is 0 Å². The van der Waals surface area contributed by atoms with Gasteiger partial charge in [0.15, 0.2) is 0 Å². The summed E-state index contributed by atoms with van der Waals surface area (Å²) < 4.78 is 5.43. The maximum absolute atomic E-state index is 12.7. The molecule has 0 aliphatic carbocycles. The molecule has 3 N–H and O–H groups in total. The maximum atomic E-state index is 12.7. The lowest BCUT2D eigenvalue weighted by Crippen LogP contribution is -2.41. The van der Waals surface area contributed by atoms with Gasteiger partial charge in [-0.15, -0.1) is 5.06 Å². The van der Waals surface area contributed by atoms with E-state index in [1.807, 2.05) is 13.8 Å². The van der Waals surface area contributed by atoms with Crippen molar-refractivity contribution in [2.75, 3.05) is 25.6 Å². The number of nitrogens with zero attached hydrogens (tertiary/aromatic N) is 3. The van der Waals surface area contributed by atoms with Crippen molar-refractivity contribution >= 4 is 35.2 Å². The van der Waals surface area contributed by atoms with Gasteiger partial charge >= 0.3 is 6.09 Å². The number of hydrogen-bond donors (Lipinski definition) is 3. The van der Waals surface area contributed by atoms with E-state index in [1.54, 1.807) is 36.6 Å². The van der Waals surface area contributed by atoms with Gasteiger partial charge in [-0.25, -0.2) is 14.8 Å². The first-order valence-electron chi connectivity index (χ1n) is 10.2. The molecule has 0 bridgehead atoms. The quantitative estimate of drug-likeness (QED) is 0.524.